The fourth-order valence-corrected chi connectivity index (χ4v) is 8.39. The van der Waals surface area contributed by atoms with Gasteiger partial charge in [-0.3, -0.25) is 0 Å². The van der Waals surface area contributed by atoms with E-state index in [2.05, 4.69) is 24.5 Å². The minimum absolute atomic E-state index is 0.00685. The van der Waals surface area contributed by atoms with Crippen LogP contribution in [0.2, 0.25) is 20.1 Å². The second-order valence-electron chi connectivity index (χ2n) is 15.4. The third-order valence-electron chi connectivity index (χ3n) is 10.3. The van der Waals surface area contributed by atoms with Crippen molar-refractivity contribution in [2.24, 2.45) is 0 Å². The van der Waals surface area contributed by atoms with E-state index >= 15 is 0 Å². The zero-order valence-electron chi connectivity index (χ0n) is 36.1. The van der Waals surface area contributed by atoms with Crippen molar-refractivity contribution < 1.29 is 28.5 Å². The molecule has 326 valence electrons. The molecule has 0 saturated carbocycles. The van der Waals surface area contributed by atoms with E-state index < -0.39 is 11.6 Å². The number of cyclic esters (lactones) is 1. The number of anilines is 2. The lowest BCUT2D eigenvalue weighted by atomic mass is 9.83. The van der Waals surface area contributed by atoms with E-state index in [9.17, 15) is 4.79 Å². The van der Waals surface area contributed by atoms with Crippen LogP contribution in [0.1, 0.15) is 92.6 Å². The normalized spacial score (nSPS) is 16.3. The van der Waals surface area contributed by atoms with Crippen molar-refractivity contribution >= 4 is 74.9 Å². The molecule has 1 heterocycles. The number of benzene rings is 5. The predicted molar refractivity (Wildman–Crippen MR) is 254 cm³/mol. The molecule has 0 aliphatic carbocycles. The summed E-state index contributed by atoms with van der Waals surface area (Å²) in [5.74, 6) is 0.632. The van der Waals surface area contributed by atoms with E-state index in [1.165, 1.54) is 0 Å². The summed E-state index contributed by atoms with van der Waals surface area (Å²) in [7, 11) is 3.23. The number of ether oxygens (including phenoxy) is 5. The molecule has 0 aromatic heterocycles. The van der Waals surface area contributed by atoms with Crippen LogP contribution >= 0.6 is 46.4 Å². The SMILES string of the molecule is CCC(Nc1ccc(/C(=C/C2(/C=C(/c3ccc(NC(CC)OC(C)C)cc3)c3ccc(OC)cc3)OC(=O)c3c(Cl)c(Cl)c(Cl)c(Cl)c32)c2ccc(OC)cc2)cc1)OC(C)C. The fourth-order valence-electron chi connectivity index (χ4n) is 7.31. The van der Waals surface area contributed by atoms with Crippen molar-refractivity contribution in [2.75, 3.05) is 24.9 Å². The Morgan fingerprint density at radius 2 is 0.935 bits per heavy atom. The van der Waals surface area contributed by atoms with Crippen LogP contribution in [0.25, 0.3) is 11.1 Å². The molecular formula is C50H52Cl4N2O6. The minimum Gasteiger partial charge on any atom is -0.497 e. The molecule has 6 rings (SSSR count). The van der Waals surface area contributed by atoms with Gasteiger partial charge in [0.05, 0.1) is 52.1 Å². The zero-order chi connectivity index (χ0) is 44.7. The highest BCUT2D eigenvalue weighted by molar-refractivity contribution is 6.53. The van der Waals surface area contributed by atoms with Crippen LogP contribution in [-0.4, -0.2) is 44.9 Å². The lowest BCUT2D eigenvalue weighted by Crippen LogP contribution is -2.25. The molecule has 8 nitrogen and oxygen atoms in total. The van der Waals surface area contributed by atoms with Gasteiger partial charge in [0.15, 0.2) is 5.60 Å². The molecule has 2 N–H and O–H groups in total. The Bertz CT molecular complexity index is 2270. The van der Waals surface area contributed by atoms with Crippen LogP contribution in [-0.2, 0) is 19.8 Å². The molecule has 0 fully saturated rings. The largest absolute Gasteiger partial charge is 0.497 e. The van der Waals surface area contributed by atoms with Gasteiger partial charge in [-0.1, -0.05) is 109 Å². The molecule has 1 aliphatic rings. The fraction of sp³-hybridized carbons (Fsp3) is 0.300. The molecule has 2 unspecified atom stereocenters. The maximum Gasteiger partial charge on any atom is 0.341 e. The quantitative estimate of drug-likeness (QED) is 0.0389. The van der Waals surface area contributed by atoms with Crippen LogP contribution in [0.5, 0.6) is 11.5 Å². The average molecular weight is 919 g/mol. The standard InChI is InChI=1S/C50H52Cl4N2O6/c1-9-41(60-29(3)4)55-35-19-11-31(12-20-35)39(33-15-23-37(58-7)24-16-33)27-50(44-43(49(57)62-50)45(51)47(53)48(54)46(44)52)28-40(34-17-25-38(59-8)26-18-34)32-13-21-36(22-14-32)56-42(10-2)61-30(5)6/h11-30,41-42,55-56H,9-10H2,1-8H3/b39-27-,40-28-. The summed E-state index contributed by atoms with van der Waals surface area (Å²) >= 11 is 27.5. The highest BCUT2D eigenvalue weighted by atomic mass is 35.5. The summed E-state index contributed by atoms with van der Waals surface area (Å²) < 4.78 is 29.8. The molecule has 62 heavy (non-hydrogen) atoms. The Hall–Kier alpha value is -4.67. The summed E-state index contributed by atoms with van der Waals surface area (Å²) in [6.45, 7) is 12.2. The van der Waals surface area contributed by atoms with Gasteiger partial charge in [0.1, 0.15) is 24.0 Å². The molecule has 0 radical (unpaired) electrons. The van der Waals surface area contributed by atoms with Crippen LogP contribution in [0.4, 0.5) is 11.4 Å². The second kappa shape index (κ2) is 20.7. The first-order chi connectivity index (χ1) is 29.7. The van der Waals surface area contributed by atoms with Gasteiger partial charge in [-0.2, -0.15) is 0 Å². The van der Waals surface area contributed by atoms with Crippen LogP contribution in [0.3, 0.4) is 0 Å². The van der Waals surface area contributed by atoms with Crippen molar-refractivity contribution in [1.82, 2.24) is 0 Å². The van der Waals surface area contributed by atoms with Gasteiger partial charge in [0.25, 0.3) is 0 Å². The Morgan fingerprint density at radius 1 is 0.581 bits per heavy atom. The molecule has 0 bridgehead atoms. The number of nitrogens with one attached hydrogen (secondary N) is 2. The predicted octanol–water partition coefficient (Wildman–Crippen LogP) is 14.1. The number of carbonyl (C=O) groups excluding carboxylic acids is 1. The van der Waals surface area contributed by atoms with Crippen molar-refractivity contribution in [3.8, 4) is 11.5 Å². The van der Waals surface area contributed by atoms with Crippen LogP contribution < -0.4 is 20.1 Å². The van der Waals surface area contributed by atoms with Gasteiger partial charge in [-0.15, -0.1) is 0 Å². The molecule has 2 atom stereocenters. The number of fused-ring (bicyclic) bond motifs is 1. The van der Waals surface area contributed by atoms with E-state index in [0.29, 0.717) is 22.6 Å². The van der Waals surface area contributed by atoms with E-state index in [1.54, 1.807) is 14.2 Å². The Balaban J connectivity index is 1.63. The average Bonchev–Trinajstić information content (AvgIpc) is 3.56. The maximum absolute atomic E-state index is 14.3. The van der Waals surface area contributed by atoms with Gasteiger partial charge in [-0.05, 0) is 135 Å². The highest BCUT2D eigenvalue weighted by Crippen LogP contribution is 2.53. The number of halogens is 4. The van der Waals surface area contributed by atoms with Gasteiger partial charge in [0.2, 0.25) is 0 Å². The topological polar surface area (TPSA) is 87.3 Å². The van der Waals surface area contributed by atoms with Gasteiger partial charge in [0, 0.05) is 16.9 Å². The molecule has 1 aliphatic heterocycles. The first kappa shape index (κ1) is 46.8. The summed E-state index contributed by atoms with van der Waals surface area (Å²) in [5, 5.41) is 6.89. The zero-order valence-corrected chi connectivity index (χ0v) is 39.1. The van der Waals surface area contributed by atoms with E-state index in [4.69, 9.17) is 70.1 Å². The van der Waals surface area contributed by atoms with Gasteiger partial charge in [-0.25, -0.2) is 4.79 Å². The highest BCUT2D eigenvalue weighted by Gasteiger charge is 2.48. The summed E-state index contributed by atoms with van der Waals surface area (Å²) in [6.07, 6.45) is 5.07. The summed E-state index contributed by atoms with van der Waals surface area (Å²) in [6, 6.07) is 31.3. The summed E-state index contributed by atoms with van der Waals surface area (Å²) in [5.41, 5.74) is 4.98. The number of hydrogen-bond acceptors (Lipinski definition) is 8. The number of esters is 1. The molecule has 5 aromatic rings. The Kier molecular flexibility index (Phi) is 15.6. The molecule has 12 heteroatoms. The second-order valence-corrected chi connectivity index (χ2v) is 16.9. The molecule has 0 saturated heterocycles. The first-order valence-electron chi connectivity index (χ1n) is 20.6. The van der Waals surface area contributed by atoms with Crippen molar-refractivity contribution in [2.45, 2.75) is 84.6 Å². The lowest BCUT2D eigenvalue weighted by Gasteiger charge is -2.27. The number of hydrogen-bond donors (Lipinski definition) is 2. The van der Waals surface area contributed by atoms with E-state index in [1.807, 2.05) is 137 Å². The minimum atomic E-state index is -1.70. The molecule has 5 aromatic carbocycles. The Morgan fingerprint density at radius 3 is 1.27 bits per heavy atom. The Labute approximate surface area is 385 Å². The van der Waals surface area contributed by atoms with E-state index in [0.717, 1.165) is 46.5 Å². The number of methoxy groups -OCH3 is 2. The number of rotatable bonds is 18. The van der Waals surface area contributed by atoms with Crippen LogP contribution in [0, 0.1) is 0 Å². The van der Waals surface area contributed by atoms with Crippen LogP contribution in [0.15, 0.2) is 109 Å². The number of carbonyl (C=O) groups is 1. The van der Waals surface area contributed by atoms with Gasteiger partial charge >= 0.3 is 5.97 Å². The van der Waals surface area contributed by atoms with Crippen molar-refractivity contribution in [3.05, 3.63) is 163 Å². The van der Waals surface area contributed by atoms with E-state index in [-0.39, 0.29) is 55.9 Å². The molecular weight excluding hydrogens is 866 g/mol. The first-order valence-corrected chi connectivity index (χ1v) is 22.1. The smallest absolute Gasteiger partial charge is 0.341 e. The van der Waals surface area contributed by atoms with Crippen molar-refractivity contribution in [1.29, 1.82) is 0 Å². The van der Waals surface area contributed by atoms with Gasteiger partial charge < -0.3 is 34.3 Å². The third kappa shape index (κ3) is 10.6. The van der Waals surface area contributed by atoms with Crippen molar-refractivity contribution in [3.63, 3.8) is 0 Å². The monoisotopic (exact) mass is 916 g/mol. The summed E-state index contributed by atoms with van der Waals surface area (Å²) in [4.78, 5) is 14.3. The molecule has 0 spiro atoms. The maximum atomic E-state index is 14.3. The lowest BCUT2D eigenvalue weighted by molar-refractivity contribution is 0.0223. The third-order valence-corrected chi connectivity index (χ3v) is 12.1. The molecule has 0 amide bonds.